The first-order chi connectivity index (χ1) is 61.9. The number of thioether (sulfide) groups is 1. The van der Waals surface area contributed by atoms with Crippen LogP contribution in [0.2, 0.25) is 0 Å². The van der Waals surface area contributed by atoms with Crippen molar-refractivity contribution in [2.24, 2.45) is 59.0 Å². The predicted molar refractivity (Wildman–Crippen MR) is 476 cm³/mol. The first-order valence-corrected chi connectivity index (χ1v) is 45.4. The van der Waals surface area contributed by atoms with E-state index in [1.54, 1.807) is 69.9 Å². The molecule has 3 aromatic rings. The highest BCUT2D eigenvalue weighted by molar-refractivity contribution is 8.00. The van der Waals surface area contributed by atoms with Gasteiger partial charge < -0.3 is 98.5 Å². The van der Waals surface area contributed by atoms with E-state index in [1.807, 2.05) is 0 Å². The molecule has 724 valence electrons. The Morgan fingerprint density at radius 3 is 1.47 bits per heavy atom. The third-order valence-corrected chi connectivity index (χ3v) is 23.7. The van der Waals surface area contributed by atoms with Crippen LogP contribution in [0.15, 0.2) is 78.9 Å². The zero-order valence-corrected chi connectivity index (χ0v) is 76.2. The summed E-state index contributed by atoms with van der Waals surface area (Å²) in [5.41, 5.74) is 6.77. The summed E-state index contributed by atoms with van der Waals surface area (Å²) in [4.78, 5) is 261. The number of Topliss-reactive ketones (excluding diaryl/α,β-unsaturated/α-hetero) is 8. The van der Waals surface area contributed by atoms with Crippen LogP contribution in [0.1, 0.15) is 181 Å². The van der Waals surface area contributed by atoms with E-state index in [0.29, 0.717) is 63.1 Å². The van der Waals surface area contributed by atoms with Crippen LogP contribution in [0.4, 0.5) is 0 Å². The third-order valence-electron chi connectivity index (χ3n) is 22.7. The predicted octanol–water partition coefficient (Wildman–Crippen LogP) is 1.92. The number of aliphatic carboxylic acids is 3. The van der Waals surface area contributed by atoms with Gasteiger partial charge in [0.2, 0.25) is 47.3 Å². The van der Waals surface area contributed by atoms with Crippen LogP contribution >= 0.6 is 11.8 Å². The van der Waals surface area contributed by atoms with Crippen LogP contribution in [0.25, 0.3) is 0 Å². The fourth-order valence-corrected chi connectivity index (χ4v) is 15.6. The molecule has 0 aromatic heterocycles. The maximum Gasteiger partial charge on any atom is 0.304 e. The van der Waals surface area contributed by atoms with Crippen molar-refractivity contribution in [3.63, 3.8) is 0 Å². The van der Waals surface area contributed by atoms with Crippen LogP contribution in [-0.4, -0.2) is 275 Å². The van der Waals surface area contributed by atoms with Crippen LogP contribution in [-0.2, 0) is 115 Å². The number of aliphatic hydroxyl groups is 4. The number of nitrogens with two attached hydrogens (primary N) is 1. The molecule has 3 aromatic carbocycles. The number of carbonyl (C=O) groups excluding carboxylic acids is 16. The highest BCUT2D eigenvalue weighted by Crippen LogP contribution is 2.27. The van der Waals surface area contributed by atoms with Crippen LogP contribution in [0.5, 0.6) is 11.5 Å². The second kappa shape index (κ2) is 58.6. The van der Waals surface area contributed by atoms with Gasteiger partial charge in [0.15, 0.2) is 34.7 Å². The number of carbonyl (C=O) groups is 19. The standard InChI is InChI=1S/C92H131N9O29S/c1-8-53(4)85(80(115)40-61(34-58-19-24-65(106)25-20-58)88(125)96-72(33-52(2)3)76(111)38-62(42-83(119)120)87(124)95-54(5)15-12-13-29-93)100-90(127)64(47-102)41-77(112)73(36-59-21-26-66(107)27-22-59)97-89(126)63(43-84(121)122)39-78(113)75(48-103)99-92(129)71(56(7)105)45-79(114)74(35-57-16-10-9-11-17-57)98-91(128)70(55(6)104)44-68(109)46-94-86(123)60(23-28-82(117)118)37-69(110)51-131-50-67(108)18-14-30-101-31-32-130-49-81(101)116/h9-11,16-17,19-22,24-27,52-56,60-64,70-75,85,102-107H,8,12-15,18,23,28-51,93H2,1-7H3,(H,94,123)(H,95,124)(H,96,125)(H,97,126)(H,98,128)(H,99,129)(H,100,127)(H,117,118)(H,119,120)(H,121,122)/t53-,54+,55+,56+,60+,61+,62-,63-,64-,70-,71-,72-,73-,74-,75-,85-/m0/s1. The Labute approximate surface area is 765 Å². The Morgan fingerprint density at radius 1 is 0.458 bits per heavy atom. The number of carboxylic acids is 3. The number of morpholine rings is 1. The number of benzene rings is 3. The zero-order valence-electron chi connectivity index (χ0n) is 75.4. The van der Waals surface area contributed by atoms with Gasteiger partial charge in [-0.15, -0.1) is 11.8 Å². The molecular formula is C92H131N9O29S. The quantitative estimate of drug-likeness (QED) is 0.0359. The summed E-state index contributed by atoms with van der Waals surface area (Å²) in [6.07, 6.45) is -9.58. The fraction of sp³-hybridized carbons (Fsp3) is 0.598. The summed E-state index contributed by atoms with van der Waals surface area (Å²) in [7, 11) is 0. The number of aromatic hydroxyl groups is 2. The molecule has 16 atom stereocenters. The number of ether oxygens (including phenoxy) is 1. The molecule has 0 unspecified atom stereocenters. The Bertz CT molecular complexity index is 4340. The number of nitrogens with zero attached hydrogens (tertiary/aromatic N) is 1. The minimum atomic E-state index is -1.99. The lowest BCUT2D eigenvalue weighted by molar-refractivity contribution is -0.143. The van der Waals surface area contributed by atoms with Gasteiger partial charge in [0.25, 0.3) is 0 Å². The molecule has 0 saturated carbocycles. The van der Waals surface area contributed by atoms with Gasteiger partial charge in [0, 0.05) is 88.8 Å². The summed E-state index contributed by atoms with van der Waals surface area (Å²) in [5, 5.41) is 111. The zero-order chi connectivity index (χ0) is 97.7. The number of hydrogen-bond donors (Lipinski definition) is 17. The summed E-state index contributed by atoms with van der Waals surface area (Å²) in [5.74, 6) is -30.0. The van der Waals surface area contributed by atoms with Gasteiger partial charge in [0.1, 0.15) is 35.7 Å². The van der Waals surface area contributed by atoms with Gasteiger partial charge in [-0.05, 0) is 131 Å². The van der Waals surface area contributed by atoms with Gasteiger partial charge in [-0.1, -0.05) is 95.1 Å². The summed E-state index contributed by atoms with van der Waals surface area (Å²) in [6.45, 7) is 9.27. The number of phenols is 2. The van der Waals surface area contributed by atoms with E-state index in [4.69, 9.17) is 10.5 Å². The Hall–Kier alpha value is -11.1. The molecule has 0 aliphatic carbocycles. The summed E-state index contributed by atoms with van der Waals surface area (Å²) < 4.78 is 5.11. The lowest BCUT2D eigenvalue weighted by Crippen LogP contribution is -2.52. The van der Waals surface area contributed by atoms with E-state index in [9.17, 15) is 137 Å². The van der Waals surface area contributed by atoms with Crippen molar-refractivity contribution in [1.29, 1.82) is 0 Å². The Balaban J connectivity index is 1.52. The third kappa shape index (κ3) is 41.9. The number of unbranched alkanes of at least 4 members (excludes halogenated alkanes) is 1. The largest absolute Gasteiger partial charge is 0.508 e. The smallest absolute Gasteiger partial charge is 0.304 e. The molecule has 1 heterocycles. The molecule has 1 aliphatic rings. The summed E-state index contributed by atoms with van der Waals surface area (Å²) in [6, 6.07) is 10.4. The van der Waals surface area contributed by atoms with Gasteiger partial charge in [0.05, 0.1) is 117 Å². The molecule has 38 nitrogen and oxygen atoms in total. The number of phenolic OH excluding ortho intramolecular Hbond substituents is 2. The molecule has 4 rings (SSSR count). The Kier molecular flexibility index (Phi) is 50.2. The minimum Gasteiger partial charge on any atom is -0.508 e. The van der Waals surface area contributed by atoms with E-state index < -0.39 is 280 Å². The van der Waals surface area contributed by atoms with Crippen molar-refractivity contribution in [2.45, 2.75) is 232 Å². The topological polar surface area (TPSA) is 629 Å². The normalized spacial score (nSPS) is 15.8. The molecular weight excluding hydrogens is 1730 g/mol. The SMILES string of the molecule is CC[C@H](C)[C@H](NC(=O)[C@H](CO)CC(=O)[C@H](Cc1ccc(O)cc1)NC(=O)[C@H](CC(=O)O)CC(=O)[C@H](CO)NC(=O)[C@@H](CC(=O)[C@H](Cc1ccccc1)NC(=O)[C@@H](CC(=O)CNC(=O)[C@H](CCC(=O)O)CC(=O)CSCC(=O)CCCN1CCOCC1=O)[C@@H](C)O)[C@@H](C)O)C(=O)C[C@@H](Cc1ccc(O)cc1)C(=O)N[C@@H](CC(C)C)C(=O)C[C@@H](CC(=O)O)C(=O)N[C@H](C)CCCCN. The molecule has 1 fully saturated rings. The lowest BCUT2D eigenvalue weighted by Gasteiger charge is -2.28. The van der Waals surface area contributed by atoms with Gasteiger partial charge >= 0.3 is 17.9 Å². The number of ketones is 8. The van der Waals surface area contributed by atoms with E-state index in [0.717, 1.165) is 25.6 Å². The van der Waals surface area contributed by atoms with E-state index in [1.165, 1.54) is 48.5 Å². The Morgan fingerprint density at radius 2 is 0.939 bits per heavy atom. The van der Waals surface area contributed by atoms with Gasteiger partial charge in [-0.25, -0.2) is 0 Å². The molecule has 18 N–H and O–H groups in total. The van der Waals surface area contributed by atoms with Crippen molar-refractivity contribution >= 4 is 123 Å². The molecule has 0 spiro atoms. The van der Waals surface area contributed by atoms with E-state index in [-0.39, 0.29) is 97.4 Å². The van der Waals surface area contributed by atoms with Crippen molar-refractivity contribution in [1.82, 2.24) is 42.1 Å². The van der Waals surface area contributed by atoms with Crippen molar-refractivity contribution in [3.8, 4) is 11.5 Å². The van der Waals surface area contributed by atoms with Crippen LogP contribution in [0, 0.1) is 53.3 Å². The average Bonchev–Trinajstić information content (AvgIpc) is 0.834. The molecule has 39 heteroatoms. The first-order valence-electron chi connectivity index (χ1n) is 44.2. The number of rotatable bonds is 67. The fourth-order valence-electron chi connectivity index (χ4n) is 14.8. The summed E-state index contributed by atoms with van der Waals surface area (Å²) >= 11 is 0.989. The van der Waals surface area contributed by atoms with Gasteiger partial charge in [-0.3, -0.25) is 91.1 Å². The first kappa shape index (κ1) is 112. The van der Waals surface area contributed by atoms with Crippen LogP contribution in [0.3, 0.4) is 0 Å². The second-order valence-corrected chi connectivity index (χ2v) is 35.2. The van der Waals surface area contributed by atoms with Crippen molar-refractivity contribution in [2.75, 3.05) is 64.1 Å². The average molecular weight is 1860 g/mol. The minimum absolute atomic E-state index is 0.0253. The maximum atomic E-state index is 14.8. The van der Waals surface area contributed by atoms with E-state index in [2.05, 4.69) is 37.2 Å². The van der Waals surface area contributed by atoms with Crippen molar-refractivity contribution < 1.29 is 142 Å². The molecule has 0 bridgehead atoms. The number of amides is 8. The lowest BCUT2D eigenvalue weighted by atomic mass is 9.85. The second-order valence-electron chi connectivity index (χ2n) is 34.2. The molecule has 0 radical (unpaired) electrons. The van der Waals surface area contributed by atoms with E-state index >= 15 is 0 Å². The molecule has 1 aliphatic heterocycles. The number of aliphatic hydroxyl groups excluding tert-OH is 4. The number of carboxylic acid groups (broad SMARTS) is 3. The monoisotopic (exact) mass is 1860 g/mol. The maximum absolute atomic E-state index is 14.8. The highest BCUT2D eigenvalue weighted by atomic mass is 32.2. The van der Waals surface area contributed by atoms with Crippen molar-refractivity contribution in [3.05, 3.63) is 95.6 Å². The number of hydrogen-bond acceptors (Lipinski definition) is 28. The number of nitrogens with one attached hydrogen (secondary N) is 7. The molecule has 8 amide bonds. The molecule has 1 saturated heterocycles. The van der Waals surface area contributed by atoms with Gasteiger partial charge in [-0.2, -0.15) is 0 Å². The molecule has 131 heavy (non-hydrogen) atoms. The van der Waals surface area contributed by atoms with Crippen LogP contribution < -0.4 is 43.0 Å². The highest BCUT2D eigenvalue weighted by Gasteiger charge is 2.41.